The van der Waals surface area contributed by atoms with Crippen LogP contribution in [0.25, 0.3) is 0 Å². The lowest BCUT2D eigenvalue weighted by Crippen LogP contribution is -2.49. The van der Waals surface area contributed by atoms with Gasteiger partial charge in [0.25, 0.3) is 0 Å². The number of hydrogen-bond acceptors (Lipinski definition) is 4. The summed E-state index contributed by atoms with van der Waals surface area (Å²) >= 11 is 3.44. The zero-order valence-corrected chi connectivity index (χ0v) is 20.2. The van der Waals surface area contributed by atoms with Gasteiger partial charge < -0.3 is 25.6 Å². The second-order valence-electron chi connectivity index (χ2n) is 9.09. The Kier molecular flexibility index (Phi) is 7.53. The number of benzene rings is 1. The average molecular weight is 507 g/mol. The maximum atomic E-state index is 14.9. The summed E-state index contributed by atoms with van der Waals surface area (Å²) in [6.45, 7) is 1.81. The van der Waals surface area contributed by atoms with Crippen LogP contribution in [0.15, 0.2) is 40.9 Å². The van der Waals surface area contributed by atoms with E-state index in [4.69, 9.17) is 4.74 Å². The molecule has 0 bridgehead atoms. The van der Waals surface area contributed by atoms with Crippen molar-refractivity contribution in [2.75, 3.05) is 39.0 Å². The smallest absolute Gasteiger partial charge is 0.314 e. The largest absolute Gasteiger partial charge is 0.379 e. The number of nitrogens with one attached hydrogen (secondary N) is 3. The number of carbonyl (C=O) groups is 1. The van der Waals surface area contributed by atoms with Crippen LogP contribution in [-0.4, -0.2) is 56.8 Å². The predicted molar refractivity (Wildman–Crippen MR) is 128 cm³/mol. The summed E-state index contributed by atoms with van der Waals surface area (Å²) in [5.41, 5.74) is 1.39. The number of urea groups is 1. The van der Waals surface area contributed by atoms with E-state index in [1.165, 1.54) is 6.07 Å². The molecular weight excluding hydrogens is 475 g/mol. The molecule has 32 heavy (non-hydrogen) atoms. The van der Waals surface area contributed by atoms with Gasteiger partial charge in [0.05, 0.1) is 17.9 Å². The van der Waals surface area contributed by atoms with Crippen LogP contribution >= 0.6 is 15.9 Å². The van der Waals surface area contributed by atoms with Crippen LogP contribution in [0.3, 0.4) is 0 Å². The highest BCUT2D eigenvalue weighted by atomic mass is 79.9. The minimum atomic E-state index is -0.266. The molecule has 0 aromatic heterocycles. The van der Waals surface area contributed by atoms with Gasteiger partial charge in [-0.05, 0) is 45.5 Å². The van der Waals surface area contributed by atoms with E-state index in [1.54, 1.807) is 0 Å². The molecule has 1 unspecified atom stereocenters. The Labute approximate surface area is 197 Å². The monoisotopic (exact) mass is 506 g/mol. The van der Waals surface area contributed by atoms with Crippen LogP contribution in [-0.2, 0) is 4.74 Å². The highest BCUT2D eigenvalue weighted by Gasteiger charge is 2.44. The van der Waals surface area contributed by atoms with Crippen molar-refractivity contribution >= 4 is 27.6 Å². The number of carbonyl (C=O) groups excluding carboxylic acids is 1. The third kappa shape index (κ3) is 5.35. The van der Waals surface area contributed by atoms with Crippen LogP contribution in [0.5, 0.6) is 0 Å². The van der Waals surface area contributed by atoms with Crippen LogP contribution < -0.4 is 16.0 Å². The molecule has 5 atom stereocenters. The summed E-state index contributed by atoms with van der Waals surface area (Å²) in [6.07, 6.45) is 10.9. The van der Waals surface area contributed by atoms with Gasteiger partial charge >= 0.3 is 6.03 Å². The standard InChI is InChI=1S/C24H32BrFN4O2/c1-30(2)11-10-27-24(31)28-14-17-8-9-18-21(15-6-4-3-5-7-15)29-22-19(23(18)32-17)12-16(25)13-20(22)26/h3-6,12-13,15,17-18,21,23,29H,7-11,14H2,1-2H3,(H2,27,28,31)/t15?,17-,18+,21+,23+/m1/s1. The number of rotatable bonds is 6. The lowest BCUT2D eigenvalue weighted by molar-refractivity contribution is -0.0931. The second kappa shape index (κ2) is 10.4. The molecule has 2 heterocycles. The average Bonchev–Trinajstić information content (AvgIpc) is 2.77. The van der Waals surface area contributed by atoms with Gasteiger partial charge in [0.1, 0.15) is 5.82 Å². The molecule has 174 valence electrons. The normalized spacial score (nSPS) is 28.6. The van der Waals surface area contributed by atoms with Crippen molar-refractivity contribution < 1.29 is 13.9 Å². The number of hydrogen-bond donors (Lipinski definition) is 3. The molecule has 1 aromatic carbocycles. The number of nitrogens with zero attached hydrogens (tertiary/aromatic N) is 1. The highest BCUT2D eigenvalue weighted by Crippen LogP contribution is 2.49. The van der Waals surface area contributed by atoms with E-state index in [1.807, 2.05) is 25.1 Å². The molecular formula is C24H32BrFN4O2. The molecule has 6 nitrogen and oxygen atoms in total. The summed E-state index contributed by atoms with van der Waals surface area (Å²) < 4.78 is 22.1. The Morgan fingerprint density at radius 1 is 1.28 bits per heavy atom. The first-order chi connectivity index (χ1) is 15.4. The molecule has 0 radical (unpaired) electrons. The molecule has 1 fully saturated rings. The van der Waals surface area contributed by atoms with Crippen LogP contribution in [0.4, 0.5) is 14.9 Å². The number of likely N-dealkylation sites (N-methyl/N-ethyl adjacent to an activating group) is 1. The topological polar surface area (TPSA) is 65.6 Å². The molecule has 0 spiro atoms. The van der Waals surface area contributed by atoms with Gasteiger partial charge in [-0.2, -0.15) is 0 Å². The summed E-state index contributed by atoms with van der Waals surface area (Å²) in [4.78, 5) is 14.1. The molecule has 8 heteroatoms. The third-order valence-electron chi connectivity index (χ3n) is 6.52. The zero-order chi connectivity index (χ0) is 22.7. The fraction of sp³-hybridized carbons (Fsp3) is 0.542. The van der Waals surface area contributed by atoms with E-state index in [0.29, 0.717) is 29.2 Å². The second-order valence-corrected chi connectivity index (χ2v) is 10.0. The molecule has 1 saturated heterocycles. The molecule has 1 aromatic rings. The molecule has 3 aliphatic rings. The summed E-state index contributed by atoms with van der Waals surface area (Å²) in [6, 6.07) is 3.38. The molecule has 2 aliphatic heterocycles. The number of halogens is 2. The Bertz CT molecular complexity index is 891. The first-order valence-corrected chi connectivity index (χ1v) is 12.1. The quantitative estimate of drug-likeness (QED) is 0.540. The zero-order valence-electron chi connectivity index (χ0n) is 18.6. The Balaban J connectivity index is 1.46. The Morgan fingerprint density at radius 2 is 2.12 bits per heavy atom. The van der Waals surface area contributed by atoms with Crippen LogP contribution in [0.1, 0.15) is 30.9 Å². The third-order valence-corrected chi connectivity index (χ3v) is 6.98. The Morgan fingerprint density at radius 3 is 2.88 bits per heavy atom. The van der Waals surface area contributed by atoms with Crippen molar-refractivity contribution in [3.05, 3.63) is 52.3 Å². The summed E-state index contributed by atoms with van der Waals surface area (Å²) in [5, 5.41) is 9.31. The summed E-state index contributed by atoms with van der Waals surface area (Å²) in [7, 11) is 3.94. The van der Waals surface area contributed by atoms with E-state index < -0.39 is 0 Å². The minimum Gasteiger partial charge on any atom is -0.379 e. The van der Waals surface area contributed by atoms with E-state index >= 15 is 0 Å². The predicted octanol–water partition coefficient (Wildman–Crippen LogP) is 4.21. The lowest BCUT2D eigenvalue weighted by Gasteiger charge is -2.47. The van der Waals surface area contributed by atoms with Crippen molar-refractivity contribution in [3.63, 3.8) is 0 Å². The fourth-order valence-corrected chi connectivity index (χ4v) is 5.37. The van der Waals surface area contributed by atoms with Crippen molar-refractivity contribution in [1.29, 1.82) is 0 Å². The SMILES string of the molecule is CN(C)CCNC(=O)NC[C@H]1CC[C@@H]2[C@H](O1)c1cc(Br)cc(F)c1N[C@H]2C1C=CC=CC1. The van der Waals surface area contributed by atoms with Crippen molar-refractivity contribution in [2.45, 2.75) is 37.5 Å². The first-order valence-electron chi connectivity index (χ1n) is 11.3. The van der Waals surface area contributed by atoms with Crippen molar-refractivity contribution in [3.8, 4) is 0 Å². The van der Waals surface area contributed by atoms with Crippen LogP contribution in [0, 0.1) is 17.7 Å². The number of anilines is 1. The lowest BCUT2D eigenvalue weighted by atomic mass is 9.73. The van der Waals surface area contributed by atoms with E-state index in [9.17, 15) is 9.18 Å². The molecule has 2 amide bonds. The molecule has 1 aliphatic carbocycles. The number of allylic oxidation sites excluding steroid dienone is 3. The fourth-order valence-electron chi connectivity index (χ4n) is 4.92. The van der Waals surface area contributed by atoms with E-state index in [0.717, 1.165) is 31.4 Å². The van der Waals surface area contributed by atoms with Crippen molar-refractivity contribution in [1.82, 2.24) is 15.5 Å². The Hall–Kier alpha value is -1.90. The van der Waals surface area contributed by atoms with E-state index in [-0.39, 0.29) is 36.0 Å². The van der Waals surface area contributed by atoms with Gasteiger partial charge in [0.2, 0.25) is 0 Å². The molecule has 4 rings (SSSR count). The van der Waals surface area contributed by atoms with Gasteiger partial charge in [0, 0.05) is 47.5 Å². The number of amides is 2. The van der Waals surface area contributed by atoms with Gasteiger partial charge in [-0.15, -0.1) is 0 Å². The van der Waals surface area contributed by atoms with Gasteiger partial charge in [0.15, 0.2) is 0 Å². The molecule has 3 N–H and O–H groups in total. The first kappa shape index (κ1) is 23.3. The molecule has 0 saturated carbocycles. The van der Waals surface area contributed by atoms with Crippen LogP contribution in [0.2, 0.25) is 0 Å². The van der Waals surface area contributed by atoms with Gasteiger partial charge in [-0.25, -0.2) is 9.18 Å². The minimum absolute atomic E-state index is 0.104. The number of fused-ring (bicyclic) bond motifs is 3. The maximum absolute atomic E-state index is 14.9. The number of ether oxygens (including phenoxy) is 1. The van der Waals surface area contributed by atoms with Crippen molar-refractivity contribution in [2.24, 2.45) is 11.8 Å². The maximum Gasteiger partial charge on any atom is 0.314 e. The summed E-state index contributed by atoms with van der Waals surface area (Å²) in [5.74, 6) is 0.268. The van der Waals surface area contributed by atoms with Gasteiger partial charge in [-0.3, -0.25) is 0 Å². The van der Waals surface area contributed by atoms with E-state index in [2.05, 4.69) is 56.2 Å². The highest BCUT2D eigenvalue weighted by molar-refractivity contribution is 9.10. The van der Waals surface area contributed by atoms with Gasteiger partial charge in [-0.1, -0.05) is 40.2 Å².